The van der Waals surface area contributed by atoms with E-state index in [-0.39, 0.29) is 0 Å². The Morgan fingerprint density at radius 1 is 1.21 bits per heavy atom. The predicted molar refractivity (Wildman–Crippen MR) is 59.3 cm³/mol. The highest BCUT2D eigenvalue weighted by Crippen LogP contribution is 2.16. The molecular weight excluding hydrogens is 172 g/mol. The number of aromatic nitrogens is 2. The van der Waals surface area contributed by atoms with Crippen molar-refractivity contribution in [2.75, 3.05) is 0 Å². The molecule has 2 heteroatoms. The zero-order valence-electron chi connectivity index (χ0n) is 9.67. The summed E-state index contributed by atoms with van der Waals surface area (Å²) < 4.78 is 0. The van der Waals surface area contributed by atoms with Crippen molar-refractivity contribution in [3.05, 3.63) is 23.3 Å². The molecule has 1 aromatic heterocycles. The second kappa shape index (κ2) is 5.08. The molecule has 0 aliphatic carbocycles. The molecule has 0 aliphatic rings. The van der Waals surface area contributed by atoms with Crippen LogP contribution in [-0.4, -0.2) is 9.97 Å². The molecule has 0 amide bonds. The minimum absolute atomic E-state index is 0.767. The van der Waals surface area contributed by atoms with E-state index in [9.17, 15) is 0 Å². The fourth-order valence-electron chi connectivity index (χ4n) is 1.63. The summed E-state index contributed by atoms with van der Waals surface area (Å²) in [6, 6.07) is 0. The quantitative estimate of drug-likeness (QED) is 0.732. The topological polar surface area (TPSA) is 25.8 Å². The van der Waals surface area contributed by atoms with E-state index in [4.69, 9.17) is 0 Å². The molecule has 0 saturated carbocycles. The van der Waals surface area contributed by atoms with Crippen LogP contribution in [0.25, 0.3) is 0 Å². The van der Waals surface area contributed by atoms with E-state index in [1.807, 2.05) is 13.1 Å². The third kappa shape index (κ3) is 2.79. The van der Waals surface area contributed by atoms with Crippen LogP contribution < -0.4 is 0 Å². The first-order valence-electron chi connectivity index (χ1n) is 5.46. The van der Waals surface area contributed by atoms with Gasteiger partial charge in [-0.15, -0.1) is 0 Å². The summed E-state index contributed by atoms with van der Waals surface area (Å²) in [6.07, 6.45) is 5.50. The van der Waals surface area contributed by atoms with Gasteiger partial charge in [0.05, 0.1) is 0 Å². The Kier molecular flexibility index (Phi) is 4.05. The maximum absolute atomic E-state index is 4.50. The van der Waals surface area contributed by atoms with E-state index >= 15 is 0 Å². The van der Waals surface area contributed by atoms with Crippen LogP contribution in [0.2, 0.25) is 0 Å². The summed E-state index contributed by atoms with van der Waals surface area (Å²) in [5.41, 5.74) is 2.45. The average Bonchev–Trinajstić information content (AvgIpc) is 2.19. The molecule has 0 bridgehead atoms. The predicted octanol–water partition coefficient (Wildman–Crippen LogP) is 3.07. The molecule has 0 spiro atoms. The van der Waals surface area contributed by atoms with Gasteiger partial charge in [-0.3, -0.25) is 0 Å². The minimum Gasteiger partial charge on any atom is -0.241 e. The Hall–Kier alpha value is -0.920. The maximum atomic E-state index is 4.50. The lowest BCUT2D eigenvalue weighted by Gasteiger charge is -2.13. The zero-order valence-corrected chi connectivity index (χ0v) is 9.67. The second-order valence-electron chi connectivity index (χ2n) is 3.93. The molecule has 1 heterocycles. The van der Waals surface area contributed by atoms with Gasteiger partial charge < -0.3 is 0 Å². The first-order chi connectivity index (χ1) is 6.67. The second-order valence-corrected chi connectivity index (χ2v) is 3.93. The van der Waals surface area contributed by atoms with Crippen LogP contribution in [0.3, 0.4) is 0 Å². The first-order valence-corrected chi connectivity index (χ1v) is 5.46. The third-order valence-electron chi connectivity index (χ3n) is 2.83. The van der Waals surface area contributed by atoms with Crippen molar-refractivity contribution >= 4 is 0 Å². The Bertz CT molecular complexity index is 290. The molecule has 1 rings (SSSR count). The van der Waals surface area contributed by atoms with Crippen LogP contribution in [0.1, 0.15) is 43.8 Å². The highest BCUT2D eigenvalue weighted by Gasteiger charge is 2.08. The summed E-state index contributed by atoms with van der Waals surface area (Å²) in [7, 11) is 0. The molecule has 0 N–H and O–H groups in total. The Morgan fingerprint density at radius 3 is 2.43 bits per heavy atom. The number of hydrogen-bond donors (Lipinski definition) is 0. The van der Waals surface area contributed by atoms with Crippen molar-refractivity contribution in [3.63, 3.8) is 0 Å². The van der Waals surface area contributed by atoms with Crippen LogP contribution in [-0.2, 0) is 6.42 Å². The van der Waals surface area contributed by atoms with Crippen LogP contribution in [0.5, 0.6) is 0 Å². The van der Waals surface area contributed by atoms with E-state index in [1.165, 1.54) is 24.1 Å². The molecule has 0 atom stereocenters. The molecule has 0 unspecified atom stereocenters. The minimum atomic E-state index is 0.767. The molecule has 2 nitrogen and oxygen atoms in total. The van der Waals surface area contributed by atoms with Gasteiger partial charge in [0.2, 0.25) is 0 Å². The number of hydrogen-bond acceptors (Lipinski definition) is 2. The van der Waals surface area contributed by atoms with Crippen molar-refractivity contribution < 1.29 is 0 Å². The summed E-state index contributed by atoms with van der Waals surface area (Å²) in [5, 5.41) is 0. The smallest absolute Gasteiger partial charge is 0.125 e. The average molecular weight is 192 g/mol. The largest absolute Gasteiger partial charge is 0.241 e. The Labute approximate surface area is 86.8 Å². The highest BCUT2D eigenvalue weighted by molar-refractivity contribution is 5.15. The first kappa shape index (κ1) is 11.2. The SMILES string of the molecule is CCC(CC)Cc1nc(C)ncc1C. The van der Waals surface area contributed by atoms with Gasteiger partial charge in [-0.2, -0.15) is 0 Å². The molecule has 0 aliphatic heterocycles. The highest BCUT2D eigenvalue weighted by atomic mass is 14.9. The van der Waals surface area contributed by atoms with Gasteiger partial charge in [-0.25, -0.2) is 9.97 Å². The van der Waals surface area contributed by atoms with Gasteiger partial charge in [-0.05, 0) is 31.7 Å². The molecular formula is C12H20N2. The Morgan fingerprint density at radius 2 is 1.86 bits per heavy atom. The zero-order chi connectivity index (χ0) is 10.6. The maximum Gasteiger partial charge on any atom is 0.125 e. The standard InChI is InChI=1S/C12H20N2/c1-5-11(6-2)7-12-9(3)8-13-10(4)14-12/h8,11H,5-7H2,1-4H3. The summed E-state index contributed by atoms with van der Waals surface area (Å²) in [6.45, 7) is 8.54. The van der Waals surface area contributed by atoms with Crippen molar-refractivity contribution in [2.45, 2.75) is 47.0 Å². The van der Waals surface area contributed by atoms with Crippen molar-refractivity contribution in [2.24, 2.45) is 5.92 Å². The van der Waals surface area contributed by atoms with E-state index < -0.39 is 0 Å². The van der Waals surface area contributed by atoms with Gasteiger partial charge >= 0.3 is 0 Å². The van der Waals surface area contributed by atoms with Gasteiger partial charge in [-0.1, -0.05) is 26.7 Å². The number of rotatable bonds is 4. The lowest BCUT2D eigenvalue weighted by molar-refractivity contribution is 0.483. The summed E-state index contributed by atoms with van der Waals surface area (Å²) in [4.78, 5) is 8.68. The lowest BCUT2D eigenvalue weighted by Crippen LogP contribution is -2.06. The fourth-order valence-corrected chi connectivity index (χ4v) is 1.63. The molecule has 0 radical (unpaired) electrons. The van der Waals surface area contributed by atoms with Crippen molar-refractivity contribution in [1.82, 2.24) is 9.97 Å². The summed E-state index contributed by atoms with van der Waals surface area (Å²) >= 11 is 0. The monoisotopic (exact) mass is 192 g/mol. The van der Waals surface area contributed by atoms with Gasteiger partial charge in [0, 0.05) is 11.9 Å². The van der Waals surface area contributed by atoms with Crippen LogP contribution in [0.4, 0.5) is 0 Å². The molecule has 1 aromatic rings. The number of aryl methyl sites for hydroxylation is 2. The molecule has 0 fully saturated rings. The van der Waals surface area contributed by atoms with Crippen LogP contribution in [0, 0.1) is 19.8 Å². The normalized spacial score (nSPS) is 10.9. The molecule has 0 saturated heterocycles. The van der Waals surface area contributed by atoms with E-state index in [0.29, 0.717) is 0 Å². The number of nitrogens with zero attached hydrogens (tertiary/aromatic N) is 2. The van der Waals surface area contributed by atoms with E-state index in [1.54, 1.807) is 0 Å². The van der Waals surface area contributed by atoms with Gasteiger partial charge in [0.1, 0.15) is 5.82 Å². The Balaban J connectivity index is 2.79. The van der Waals surface area contributed by atoms with Crippen LogP contribution in [0.15, 0.2) is 6.20 Å². The lowest BCUT2D eigenvalue weighted by atomic mass is 9.96. The molecule has 78 valence electrons. The summed E-state index contributed by atoms with van der Waals surface area (Å²) in [5.74, 6) is 1.65. The van der Waals surface area contributed by atoms with Gasteiger partial charge in [0.15, 0.2) is 0 Å². The van der Waals surface area contributed by atoms with Gasteiger partial charge in [0.25, 0.3) is 0 Å². The van der Waals surface area contributed by atoms with Crippen molar-refractivity contribution in [3.8, 4) is 0 Å². The molecule has 0 aromatic carbocycles. The van der Waals surface area contributed by atoms with Crippen molar-refractivity contribution in [1.29, 1.82) is 0 Å². The third-order valence-corrected chi connectivity index (χ3v) is 2.83. The van der Waals surface area contributed by atoms with E-state index in [0.717, 1.165) is 18.2 Å². The fraction of sp³-hybridized carbons (Fsp3) is 0.667. The van der Waals surface area contributed by atoms with E-state index in [2.05, 4.69) is 30.7 Å². The molecule has 14 heavy (non-hydrogen) atoms. The van der Waals surface area contributed by atoms with Crippen LogP contribution >= 0.6 is 0 Å².